The van der Waals surface area contributed by atoms with E-state index in [0.717, 1.165) is 109 Å². The van der Waals surface area contributed by atoms with Gasteiger partial charge in [0.15, 0.2) is 0 Å². The smallest absolute Gasteiger partial charge is 0.0963 e. The first-order valence-electron chi connectivity index (χ1n) is 20.6. The molecule has 4 aromatic carbocycles. The van der Waals surface area contributed by atoms with E-state index in [2.05, 4.69) is 171 Å². The number of fused-ring (bicyclic) bond motifs is 7. The normalized spacial score (nSPS) is 13.9. The molecule has 0 bridgehead atoms. The number of rotatable bonds is 6. The summed E-state index contributed by atoms with van der Waals surface area (Å²) in [6.07, 6.45) is 15.3. The van der Waals surface area contributed by atoms with Crippen LogP contribution in [0.25, 0.3) is 94.3 Å². The standard InChI is InChI=1S/C53H37N7/c1-2-13-40-36(10-1)31-55-32-44(40)37-29-47(34-21-23-38(24-22-34)59-50-19-6-4-15-43(50)53-51(59)20-9-26-56-53)58-48(30-37)46-17-8-16-45(57-46)35-11-7-12-39(28-35)60-49-18-5-3-14-41(49)42-25-27-54-33-52(42)60/h1-6,8-11,13-24,26,28-33H,7,12,25,27H2. The summed E-state index contributed by atoms with van der Waals surface area (Å²) in [6, 6.07) is 49.1. The molecule has 60 heavy (non-hydrogen) atoms. The Morgan fingerprint density at radius 2 is 1.30 bits per heavy atom. The van der Waals surface area contributed by atoms with Crippen LogP contribution in [-0.2, 0) is 6.42 Å². The summed E-state index contributed by atoms with van der Waals surface area (Å²) in [4.78, 5) is 24.8. The molecule has 2 aliphatic rings. The summed E-state index contributed by atoms with van der Waals surface area (Å²) in [5, 5.41) is 4.69. The third-order valence-electron chi connectivity index (χ3n) is 12.1. The Hall–Kier alpha value is -7.77. The minimum Gasteiger partial charge on any atom is -0.312 e. The summed E-state index contributed by atoms with van der Waals surface area (Å²) in [5.74, 6) is 0. The van der Waals surface area contributed by atoms with Gasteiger partial charge in [0.1, 0.15) is 0 Å². The van der Waals surface area contributed by atoms with Crippen molar-refractivity contribution < 1.29 is 0 Å². The van der Waals surface area contributed by atoms with Crippen LogP contribution in [0.1, 0.15) is 29.8 Å². The number of para-hydroxylation sites is 2. The number of nitrogens with zero attached hydrogens (tertiary/aromatic N) is 7. The van der Waals surface area contributed by atoms with Crippen molar-refractivity contribution in [2.75, 3.05) is 6.54 Å². The van der Waals surface area contributed by atoms with Crippen LogP contribution < -0.4 is 0 Å². The molecule has 0 N–H and O–H groups in total. The molecule has 7 heterocycles. The second kappa shape index (κ2) is 14.0. The maximum Gasteiger partial charge on any atom is 0.0963 e. The van der Waals surface area contributed by atoms with Crippen LogP contribution in [0.5, 0.6) is 0 Å². The highest BCUT2D eigenvalue weighted by molar-refractivity contribution is 6.07. The Morgan fingerprint density at radius 1 is 0.550 bits per heavy atom. The van der Waals surface area contributed by atoms with Crippen molar-refractivity contribution in [2.45, 2.75) is 19.3 Å². The van der Waals surface area contributed by atoms with Gasteiger partial charge in [0, 0.05) is 70.0 Å². The van der Waals surface area contributed by atoms with E-state index in [1.165, 1.54) is 27.9 Å². The van der Waals surface area contributed by atoms with Gasteiger partial charge in [-0.3, -0.25) is 15.0 Å². The lowest BCUT2D eigenvalue weighted by molar-refractivity contribution is 0.918. The first-order chi connectivity index (χ1) is 29.7. The van der Waals surface area contributed by atoms with Crippen LogP contribution >= 0.6 is 0 Å². The van der Waals surface area contributed by atoms with Gasteiger partial charge < -0.3 is 9.13 Å². The number of hydrogen-bond acceptors (Lipinski definition) is 5. The van der Waals surface area contributed by atoms with E-state index >= 15 is 0 Å². The molecule has 7 nitrogen and oxygen atoms in total. The van der Waals surface area contributed by atoms with Gasteiger partial charge in [-0.2, -0.15) is 0 Å². The number of allylic oxidation sites excluding steroid dienone is 4. The van der Waals surface area contributed by atoms with Gasteiger partial charge >= 0.3 is 0 Å². The first kappa shape index (κ1) is 34.3. The first-order valence-corrected chi connectivity index (χ1v) is 20.6. The van der Waals surface area contributed by atoms with E-state index in [9.17, 15) is 0 Å². The Kier molecular flexibility index (Phi) is 7.98. The second-order valence-electron chi connectivity index (χ2n) is 15.5. The van der Waals surface area contributed by atoms with Crippen molar-refractivity contribution in [1.29, 1.82) is 0 Å². The average Bonchev–Trinajstić information content (AvgIpc) is 3.84. The molecule has 6 aromatic heterocycles. The minimum absolute atomic E-state index is 0.803. The monoisotopic (exact) mass is 771 g/mol. The molecular weight excluding hydrogens is 735 g/mol. The van der Waals surface area contributed by atoms with Gasteiger partial charge in [-0.15, -0.1) is 0 Å². The number of benzene rings is 4. The summed E-state index contributed by atoms with van der Waals surface area (Å²) in [6.45, 7) is 0.835. The van der Waals surface area contributed by atoms with Crippen LogP contribution in [0.4, 0.5) is 0 Å². The lowest BCUT2D eigenvalue weighted by Gasteiger charge is -2.19. The predicted octanol–water partition coefficient (Wildman–Crippen LogP) is 12.2. The van der Waals surface area contributed by atoms with Gasteiger partial charge in [-0.1, -0.05) is 84.9 Å². The summed E-state index contributed by atoms with van der Waals surface area (Å²) in [5.41, 5.74) is 17.0. The van der Waals surface area contributed by atoms with Crippen molar-refractivity contribution in [3.63, 3.8) is 0 Å². The van der Waals surface area contributed by atoms with Crippen molar-refractivity contribution >= 4 is 61.1 Å². The molecule has 12 rings (SSSR count). The third kappa shape index (κ3) is 5.62. The van der Waals surface area contributed by atoms with Crippen LogP contribution in [-0.4, -0.2) is 41.8 Å². The van der Waals surface area contributed by atoms with E-state index in [-0.39, 0.29) is 0 Å². The van der Waals surface area contributed by atoms with Gasteiger partial charge in [0.25, 0.3) is 0 Å². The Labute approximate surface area is 346 Å². The van der Waals surface area contributed by atoms with Crippen LogP contribution in [0.2, 0.25) is 0 Å². The molecule has 0 saturated carbocycles. The fraction of sp³-hybridized carbons (Fsp3) is 0.0755. The van der Waals surface area contributed by atoms with Gasteiger partial charge in [0.2, 0.25) is 0 Å². The highest BCUT2D eigenvalue weighted by Crippen LogP contribution is 2.38. The van der Waals surface area contributed by atoms with E-state index in [1.54, 1.807) is 0 Å². The molecule has 7 heteroatoms. The van der Waals surface area contributed by atoms with Gasteiger partial charge in [-0.25, -0.2) is 9.97 Å². The fourth-order valence-electron chi connectivity index (χ4n) is 9.30. The topological polar surface area (TPSA) is 73.8 Å². The molecular formula is C53H37N7. The van der Waals surface area contributed by atoms with Crippen molar-refractivity contribution in [3.05, 3.63) is 187 Å². The van der Waals surface area contributed by atoms with E-state index in [1.807, 2.05) is 24.7 Å². The molecule has 0 fully saturated rings. The van der Waals surface area contributed by atoms with E-state index in [4.69, 9.17) is 15.0 Å². The Bertz CT molecular complexity index is 3380. The molecule has 0 amide bonds. The van der Waals surface area contributed by atoms with Crippen molar-refractivity contribution in [2.24, 2.45) is 4.99 Å². The van der Waals surface area contributed by atoms with Crippen molar-refractivity contribution in [3.8, 4) is 39.5 Å². The zero-order valence-corrected chi connectivity index (χ0v) is 32.7. The maximum atomic E-state index is 5.34. The van der Waals surface area contributed by atoms with Crippen LogP contribution in [0, 0.1) is 0 Å². The van der Waals surface area contributed by atoms with Crippen molar-refractivity contribution in [1.82, 2.24) is 29.1 Å². The largest absolute Gasteiger partial charge is 0.312 e. The van der Waals surface area contributed by atoms with Gasteiger partial charge in [0.05, 0.1) is 50.5 Å². The predicted molar refractivity (Wildman–Crippen MR) is 245 cm³/mol. The number of pyridine rings is 4. The number of hydrogen-bond donors (Lipinski definition) is 0. The minimum atomic E-state index is 0.803. The molecule has 1 aliphatic heterocycles. The molecule has 10 aromatic rings. The molecule has 0 spiro atoms. The fourth-order valence-corrected chi connectivity index (χ4v) is 9.30. The lowest BCUT2D eigenvalue weighted by atomic mass is 9.98. The second-order valence-corrected chi connectivity index (χ2v) is 15.5. The Balaban J connectivity index is 0.969. The maximum absolute atomic E-state index is 5.34. The van der Waals surface area contributed by atoms with Crippen LogP contribution in [0.15, 0.2) is 175 Å². The zero-order valence-electron chi connectivity index (χ0n) is 32.7. The molecule has 0 unspecified atom stereocenters. The quantitative estimate of drug-likeness (QED) is 0.169. The molecule has 0 radical (unpaired) electrons. The SMILES string of the molecule is C1=NCCc2c1n(C1=CC(c3cccc(-c4cc(-c5cncc6ccccc56)cc(-c5ccc(-n6c7ccccc7c7ncccc76)cc5)n4)n3)=CCC1)c1ccccc21. The third-order valence-corrected chi connectivity index (χ3v) is 12.1. The highest BCUT2D eigenvalue weighted by atomic mass is 15.0. The summed E-state index contributed by atoms with van der Waals surface area (Å²) in [7, 11) is 0. The van der Waals surface area contributed by atoms with E-state index in [0.29, 0.717) is 0 Å². The van der Waals surface area contributed by atoms with Crippen LogP contribution in [0.3, 0.4) is 0 Å². The highest BCUT2D eigenvalue weighted by Gasteiger charge is 2.22. The average molecular weight is 772 g/mol. The molecule has 0 saturated heterocycles. The molecule has 284 valence electrons. The van der Waals surface area contributed by atoms with E-state index < -0.39 is 0 Å². The number of aromatic nitrogens is 6. The molecule has 1 aliphatic carbocycles. The Morgan fingerprint density at radius 3 is 2.20 bits per heavy atom. The lowest BCUT2D eigenvalue weighted by Crippen LogP contribution is -2.09. The molecule has 0 atom stereocenters. The summed E-state index contributed by atoms with van der Waals surface area (Å²) >= 11 is 0. The zero-order chi connectivity index (χ0) is 39.6. The van der Waals surface area contributed by atoms with Gasteiger partial charge in [-0.05, 0) is 108 Å². The summed E-state index contributed by atoms with van der Waals surface area (Å²) < 4.78 is 4.71. The number of aliphatic imine (C=N–C) groups is 1.